The van der Waals surface area contributed by atoms with Crippen LogP contribution in [0.25, 0.3) is 0 Å². The number of aryl methyl sites for hydroxylation is 1. The second-order valence-corrected chi connectivity index (χ2v) is 2.54. The maximum Gasteiger partial charge on any atom is 0.306 e. The van der Waals surface area contributed by atoms with Gasteiger partial charge in [0.2, 0.25) is 0 Å². The van der Waals surface area contributed by atoms with Crippen LogP contribution in [0.3, 0.4) is 0 Å². The van der Waals surface area contributed by atoms with E-state index in [-0.39, 0.29) is 6.42 Å². The Morgan fingerprint density at radius 1 is 1.83 bits per heavy atom. The van der Waals surface area contributed by atoms with Gasteiger partial charge in [0.15, 0.2) is 0 Å². The van der Waals surface area contributed by atoms with Crippen LogP contribution in [-0.4, -0.2) is 25.7 Å². The van der Waals surface area contributed by atoms with E-state index in [1.54, 1.807) is 11.6 Å². The maximum atomic E-state index is 10.2. The third-order valence-corrected chi connectivity index (χ3v) is 1.56. The molecule has 0 unspecified atom stereocenters. The number of rotatable bonds is 3. The maximum absolute atomic E-state index is 10.2. The number of aliphatic carboxylic acids is 1. The molecule has 0 fully saturated rings. The van der Waals surface area contributed by atoms with Gasteiger partial charge in [-0.15, -0.1) is 0 Å². The van der Waals surface area contributed by atoms with Crippen LogP contribution >= 0.6 is 0 Å². The highest BCUT2D eigenvalue weighted by Gasteiger charge is 2.14. The van der Waals surface area contributed by atoms with Crippen molar-refractivity contribution in [1.29, 1.82) is 0 Å². The van der Waals surface area contributed by atoms with Gasteiger partial charge >= 0.3 is 5.97 Å². The third-order valence-electron chi connectivity index (χ3n) is 1.56. The van der Waals surface area contributed by atoms with Crippen molar-refractivity contribution in [2.24, 2.45) is 7.05 Å². The number of carboxylic acid groups (broad SMARTS) is 1. The summed E-state index contributed by atoms with van der Waals surface area (Å²) in [5.41, 5.74) is 0.511. The lowest BCUT2D eigenvalue weighted by Gasteiger charge is -2.07. The Bertz CT molecular complexity index is 282. The predicted molar refractivity (Wildman–Crippen MR) is 40.4 cm³/mol. The summed E-state index contributed by atoms with van der Waals surface area (Å²) in [4.78, 5) is 14.0. The smallest absolute Gasteiger partial charge is 0.306 e. The van der Waals surface area contributed by atoms with Crippen molar-refractivity contribution in [3.05, 3.63) is 18.2 Å². The zero-order valence-electron chi connectivity index (χ0n) is 6.64. The van der Waals surface area contributed by atoms with Crippen molar-refractivity contribution in [2.45, 2.75) is 12.5 Å². The molecule has 5 heteroatoms. The van der Waals surface area contributed by atoms with Gasteiger partial charge in [0.1, 0.15) is 6.10 Å². The number of aliphatic hydroxyl groups excluding tert-OH is 1. The van der Waals surface area contributed by atoms with E-state index >= 15 is 0 Å². The molecular formula is C7H10N2O3. The standard InChI is InChI=1S/C7H10N2O3/c1-9-4-8-3-5(9)6(10)2-7(11)12/h3-4,6,10H,2H2,1H3,(H,11,12)/t6-/m0/s1. The fraction of sp³-hybridized carbons (Fsp3) is 0.429. The van der Waals surface area contributed by atoms with E-state index in [0.29, 0.717) is 5.69 Å². The van der Waals surface area contributed by atoms with Crippen LogP contribution in [0.15, 0.2) is 12.5 Å². The molecule has 1 aromatic rings. The van der Waals surface area contributed by atoms with E-state index in [1.165, 1.54) is 12.5 Å². The van der Waals surface area contributed by atoms with Gasteiger partial charge in [0.25, 0.3) is 0 Å². The summed E-state index contributed by atoms with van der Waals surface area (Å²) in [6.07, 6.45) is 1.70. The number of aliphatic hydroxyl groups is 1. The minimum absolute atomic E-state index is 0.292. The third kappa shape index (κ3) is 1.82. The van der Waals surface area contributed by atoms with Crippen LogP contribution in [0.2, 0.25) is 0 Å². The Morgan fingerprint density at radius 2 is 2.50 bits per heavy atom. The van der Waals surface area contributed by atoms with Crippen LogP contribution in [0.1, 0.15) is 18.2 Å². The van der Waals surface area contributed by atoms with E-state index in [0.717, 1.165) is 0 Å². The van der Waals surface area contributed by atoms with Gasteiger partial charge in [-0.3, -0.25) is 4.79 Å². The molecule has 1 aromatic heterocycles. The summed E-state index contributed by atoms with van der Waals surface area (Å²) in [5.74, 6) is -1.02. The Morgan fingerprint density at radius 3 is 2.92 bits per heavy atom. The molecule has 0 aromatic carbocycles. The molecule has 0 aliphatic heterocycles. The van der Waals surface area contributed by atoms with Crippen molar-refractivity contribution in [3.8, 4) is 0 Å². The van der Waals surface area contributed by atoms with Crippen LogP contribution in [0.4, 0.5) is 0 Å². The van der Waals surface area contributed by atoms with Crippen LogP contribution in [-0.2, 0) is 11.8 Å². The number of imidazole rings is 1. The Kier molecular flexibility index (Phi) is 2.44. The van der Waals surface area contributed by atoms with Crippen molar-refractivity contribution < 1.29 is 15.0 Å². The predicted octanol–water partition coefficient (Wildman–Crippen LogP) is -0.0718. The zero-order valence-corrected chi connectivity index (χ0v) is 6.64. The fourth-order valence-corrected chi connectivity index (χ4v) is 0.959. The van der Waals surface area contributed by atoms with E-state index < -0.39 is 12.1 Å². The lowest BCUT2D eigenvalue weighted by atomic mass is 10.2. The highest BCUT2D eigenvalue weighted by atomic mass is 16.4. The molecule has 0 spiro atoms. The van der Waals surface area contributed by atoms with Crippen molar-refractivity contribution in [1.82, 2.24) is 9.55 Å². The molecule has 0 aliphatic rings. The van der Waals surface area contributed by atoms with Gasteiger partial charge in [-0.2, -0.15) is 0 Å². The van der Waals surface area contributed by atoms with Gasteiger partial charge in [-0.25, -0.2) is 4.98 Å². The molecule has 1 atom stereocenters. The Labute approximate surface area is 69.3 Å². The zero-order chi connectivity index (χ0) is 9.14. The number of carboxylic acids is 1. The highest BCUT2D eigenvalue weighted by Crippen LogP contribution is 2.14. The summed E-state index contributed by atoms with van der Waals surface area (Å²) in [6, 6.07) is 0. The van der Waals surface area contributed by atoms with Gasteiger partial charge in [0, 0.05) is 7.05 Å². The summed E-state index contributed by atoms with van der Waals surface area (Å²) in [6.45, 7) is 0. The van der Waals surface area contributed by atoms with Crippen molar-refractivity contribution >= 4 is 5.97 Å². The second kappa shape index (κ2) is 3.36. The van der Waals surface area contributed by atoms with E-state index in [2.05, 4.69) is 4.98 Å². The SMILES string of the molecule is Cn1cncc1[C@@H](O)CC(=O)O. The number of carbonyl (C=O) groups is 1. The normalized spacial score (nSPS) is 12.8. The first-order chi connectivity index (χ1) is 5.61. The molecule has 0 saturated heterocycles. The molecule has 2 N–H and O–H groups in total. The first-order valence-corrected chi connectivity index (χ1v) is 3.47. The molecule has 0 amide bonds. The van der Waals surface area contributed by atoms with E-state index in [4.69, 9.17) is 5.11 Å². The summed E-state index contributed by atoms with van der Waals surface area (Å²) < 4.78 is 1.59. The molecule has 0 saturated carbocycles. The average Bonchev–Trinajstić information content (AvgIpc) is 2.33. The molecule has 12 heavy (non-hydrogen) atoms. The van der Waals surface area contributed by atoms with Crippen LogP contribution < -0.4 is 0 Å². The van der Waals surface area contributed by atoms with Gasteiger partial charge < -0.3 is 14.8 Å². The van der Waals surface area contributed by atoms with Crippen molar-refractivity contribution in [3.63, 3.8) is 0 Å². The fourth-order valence-electron chi connectivity index (χ4n) is 0.959. The molecule has 0 aliphatic carbocycles. The van der Waals surface area contributed by atoms with E-state index in [9.17, 15) is 9.90 Å². The Balaban J connectivity index is 2.71. The number of hydrogen-bond donors (Lipinski definition) is 2. The first kappa shape index (κ1) is 8.73. The summed E-state index contributed by atoms with van der Waals surface area (Å²) in [5, 5.41) is 17.7. The molecule has 1 rings (SSSR count). The topological polar surface area (TPSA) is 75.3 Å². The average molecular weight is 170 g/mol. The number of aromatic nitrogens is 2. The van der Waals surface area contributed by atoms with Crippen LogP contribution in [0.5, 0.6) is 0 Å². The molecule has 5 nitrogen and oxygen atoms in total. The molecule has 0 bridgehead atoms. The number of hydrogen-bond acceptors (Lipinski definition) is 3. The monoisotopic (exact) mass is 170 g/mol. The highest BCUT2D eigenvalue weighted by molar-refractivity contribution is 5.67. The molecule has 0 radical (unpaired) electrons. The molecule has 1 heterocycles. The van der Waals surface area contributed by atoms with Gasteiger partial charge in [0.05, 0.1) is 24.6 Å². The van der Waals surface area contributed by atoms with Crippen LogP contribution in [0, 0.1) is 0 Å². The minimum atomic E-state index is -1.02. The quantitative estimate of drug-likeness (QED) is 0.665. The summed E-state index contributed by atoms with van der Waals surface area (Å²) >= 11 is 0. The summed E-state index contributed by atoms with van der Waals surface area (Å²) in [7, 11) is 1.70. The Hall–Kier alpha value is -1.36. The second-order valence-electron chi connectivity index (χ2n) is 2.54. The lowest BCUT2D eigenvalue weighted by molar-refractivity contribution is -0.139. The minimum Gasteiger partial charge on any atom is -0.481 e. The largest absolute Gasteiger partial charge is 0.481 e. The van der Waals surface area contributed by atoms with E-state index in [1.807, 2.05) is 0 Å². The lowest BCUT2D eigenvalue weighted by Crippen LogP contribution is -2.08. The molecular weight excluding hydrogens is 160 g/mol. The van der Waals surface area contributed by atoms with Crippen molar-refractivity contribution in [2.75, 3.05) is 0 Å². The number of nitrogens with zero attached hydrogens (tertiary/aromatic N) is 2. The van der Waals surface area contributed by atoms with Gasteiger partial charge in [-0.05, 0) is 0 Å². The van der Waals surface area contributed by atoms with Gasteiger partial charge in [-0.1, -0.05) is 0 Å². The first-order valence-electron chi connectivity index (χ1n) is 3.47. The molecule has 66 valence electrons.